The zero-order valence-electron chi connectivity index (χ0n) is 11.3. The lowest BCUT2D eigenvalue weighted by atomic mass is 9.77. The molecule has 0 bridgehead atoms. The quantitative estimate of drug-likeness (QED) is 0.868. The summed E-state index contributed by atoms with van der Waals surface area (Å²) in [4.78, 5) is 4.19. The summed E-state index contributed by atoms with van der Waals surface area (Å²) in [6.07, 6.45) is 3.56. The van der Waals surface area contributed by atoms with Crippen LogP contribution in [0.1, 0.15) is 31.1 Å². The van der Waals surface area contributed by atoms with Crippen molar-refractivity contribution in [1.82, 2.24) is 9.55 Å². The van der Waals surface area contributed by atoms with E-state index in [9.17, 15) is 5.11 Å². The predicted octanol–water partition coefficient (Wildman–Crippen LogP) is 2.42. The van der Waals surface area contributed by atoms with Crippen LogP contribution in [-0.2, 0) is 6.61 Å². The summed E-state index contributed by atoms with van der Waals surface area (Å²) < 4.78 is 2.10. The van der Waals surface area contributed by atoms with Crippen LogP contribution < -0.4 is 5.32 Å². The van der Waals surface area contributed by atoms with Gasteiger partial charge in [0.25, 0.3) is 0 Å². The number of aromatic nitrogens is 2. The third-order valence-corrected chi connectivity index (χ3v) is 3.92. The molecule has 0 aliphatic carbocycles. The molecule has 100 valence electrons. The SMILES string of the molecule is CC1(C)CNc2ccccc2C1n1cncc1CO. The molecule has 1 atom stereocenters. The molecule has 3 rings (SSSR count). The summed E-state index contributed by atoms with van der Waals surface area (Å²) in [5, 5.41) is 13.0. The van der Waals surface area contributed by atoms with Crippen molar-refractivity contribution >= 4 is 5.69 Å². The molecule has 2 N–H and O–H groups in total. The normalized spacial score (nSPS) is 20.7. The van der Waals surface area contributed by atoms with Crippen LogP contribution in [0.15, 0.2) is 36.8 Å². The molecule has 0 spiro atoms. The first kappa shape index (κ1) is 12.2. The second kappa shape index (κ2) is 4.38. The molecule has 0 saturated carbocycles. The molecule has 2 aromatic rings. The molecule has 19 heavy (non-hydrogen) atoms. The number of hydrogen-bond acceptors (Lipinski definition) is 3. The van der Waals surface area contributed by atoms with Gasteiger partial charge < -0.3 is 15.0 Å². The fraction of sp³-hybridized carbons (Fsp3) is 0.400. The molecule has 4 nitrogen and oxygen atoms in total. The first-order valence-electron chi connectivity index (χ1n) is 6.58. The van der Waals surface area contributed by atoms with E-state index in [1.165, 1.54) is 11.3 Å². The minimum Gasteiger partial charge on any atom is -0.390 e. The molecule has 0 fully saturated rings. The van der Waals surface area contributed by atoms with E-state index in [0.29, 0.717) is 0 Å². The van der Waals surface area contributed by atoms with Gasteiger partial charge in [0.2, 0.25) is 0 Å². The highest BCUT2D eigenvalue weighted by atomic mass is 16.3. The molecule has 1 aromatic carbocycles. The predicted molar refractivity (Wildman–Crippen MR) is 75.0 cm³/mol. The van der Waals surface area contributed by atoms with Gasteiger partial charge in [-0.1, -0.05) is 32.0 Å². The Morgan fingerprint density at radius 1 is 1.42 bits per heavy atom. The van der Waals surface area contributed by atoms with Gasteiger partial charge in [-0.25, -0.2) is 4.98 Å². The molecule has 1 unspecified atom stereocenters. The Hall–Kier alpha value is -1.81. The summed E-state index contributed by atoms with van der Waals surface area (Å²) >= 11 is 0. The third-order valence-electron chi connectivity index (χ3n) is 3.92. The summed E-state index contributed by atoms with van der Waals surface area (Å²) in [5.74, 6) is 0. The number of benzene rings is 1. The smallest absolute Gasteiger partial charge is 0.0954 e. The van der Waals surface area contributed by atoms with E-state index in [1.54, 1.807) is 6.20 Å². The molecular formula is C15H19N3O. The molecule has 1 aliphatic rings. The van der Waals surface area contributed by atoms with Crippen LogP contribution >= 0.6 is 0 Å². The maximum atomic E-state index is 9.48. The van der Waals surface area contributed by atoms with Crippen molar-refractivity contribution in [3.8, 4) is 0 Å². The van der Waals surface area contributed by atoms with Crippen LogP contribution in [-0.4, -0.2) is 21.2 Å². The Morgan fingerprint density at radius 2 is 2.21 bits per heavy atom. The number of imidazole rings is 1. The lowest BCUT2D eigenvalue weighted by Gasteiger charge is -2.41. The van der Waals surface area contributed by atoms with Crippen LogP contribution in [0, 0.1) is 5.41 Å². The minimum absolute atomic E-state index is 0.0160. The van der Waals surface area contributed by atoms with Crippen molar-refractivity contribution < 1.29 is 5.11 Å². The van der Waals surface area contributed by atoms with Crippen molar-refractivity contribution in [2.45, 2.75) is 26.5 Å². The average Bonchev–Trinajstić information content (AvgIpc) is 2.85. The summed E-state index contributed by atoms with van der Waals surface area (Å²) in [7, 11) is 0. The van der Waals surface area contributed by atoms with Crippen LogP contribution in [0.3, 0.4) is 0 Å². The topological polar surface area (TPSA) is 50.1 Å². The van der Waals surface area contributed by atoms with E-state index < -0.39 is 0 Å². The number of nitrogens with zero attached hydrogens (tertiary/aromatic N) is 2. The van der Waals surface area contributed by atoms with Crippen LogP contribution in [0.2, 0.25) is 0 Å². The minimum atomic E-state index is 0.0160. The van der Waals surface area contributed by atoms with Crippen molar-refractivity contribution in [2.24, 2.45) is 5.41 Å². The summed E-state index contributed by atoms with van der Waals surface area (Å²) in [5.41, 5.74) is 3.34. The van der Waals surface area contributed by atoms with Crippen molar-refractivity contribution in [2.75, 3.05) is 11.9 Å². The number of aliphatic hydroxyl groups is 1. The fourth-order valence-corrected chi connectivity index (χ4v) is 2.95. The van der Waals surface area contributed by atoms with E-state index >= 15 is 0 Å². The Morgan fingerprint density at radius 3 is 3.00 bits per heavy atom. The van der Waals surface area contributed by atoms with E-state index in [2.05, 4.69) is 46.9 Å². The van der Waals surface area contributed by atoms with Gasteiger partial charge in [-0.05, 0) is 11.6 Å². The standard InChI is InChI=1S/C15H19N3O/c1-15(2)9-17-13-6-4-3-5-12(13)14(15)18-10-16-7-11(18)8-19/h3-7,10,14,17,19H,8-9H2,1-2H3. The molecule has 0 amide bonds. The maximum absolute atomic E-state index is 9.48. The van der Waals surface area contributed by atoms with Crippen molar-refractivity contribution in [3.63, 3.8) is 0 Å². The van der Waals surface area contributed by atoms with Gasteiger partial charge in [0, 0.05) is 17.6 Å². The van der Waals surface area contributed by atoms with Gasteiger partial charge in [-0.3, -0.25) is 0 Å². The molecule has 1 aromatic heterocycles. The van der Waals surface area contributed by atoms with Crippen molar-refractivity contribution in [3.05, 3.63) is 48.0 Å². The van der Waals surface area contributed by atoms with Gasteiger partial charge >= 0.3 is 0 Å². The van der Waals surface area contributed by atoms with Gasteiger partial charge in [0.15, 0.2) is 0 Å². The van der Waals surface area contributed by atoms with Gasteiger partial charge in [-0.2, -0.15) is 0 Å². The van der Waals surface area contributed by atoms with Crippen LogP contribution in [0.4, 0.5) is 5.69 Å². The van der Waals surface area contributed by atoms with Gasteiger partial charge in [0.05, 0.1) is 30.9 Å². The number of para-hydroxylation sites is 1. The Labute approximate surface area is 113 Å². The van der Waals surface area contributed by atoms with Gasteiger partial charge in [0.1, 0.15) is 0 Å². The second-order valence-corrected chi connectivity index (χ2v) is 5.78. The van der Waals surface area contributed by atoms with Crippen LogP contribution in [0.25, 0.3) is 0 Å². The highest BCUT2D eigenvalue weighted by molar-refractivity contribution is 5.56. The Kier molecular flexibility index (Phi) is 2.82. The van der Waals surface area contributed by atoms with E-state index in [1.807, 2.05) is 12.4 Å². The summed E-state index contributed by atoms with van der Waals surface area (Å²) in [6, 6.07) is 8.55. The first-order chi connectivity index (χ1) is 9.13. The van der Waals surface area contributed by atoms with Crippen LogP contribution in [0.5, 0.6) is 0 Å². The van der Waals surface area contributed by atoms with Crippen molar-refractivity contribution in [1.29, 1.82) is 0 Å². The molecule has 1 aliphatic heterocycles. The van der Waals surface area contributed by atoms with E-state index in [0.717, 1.165) is 12.2 Å². The Bertz CT molecular complexity index is 589. The molecule has 4 heteroatoms. The molecular weight excluding hydrogens is 238 g/mol. The van der Waals surface area contributed by atoms with E-state index in [4.69, 9.17) is 0 Å². The monoisotopic (exact) mass is 257 g/mol. The zero-order valence-corrected chi connectivity index (χ0v) is 11.3. The fourth-order valence-electron chi connectivity index (χ4n) is 2.95. The molecule has 0 radical (unpaired) electrons. The third kappa shape index (κ3) is 1.92. The van der Waals surface area contributed by atoms with Gasteiger partial charge in [-0.15, -0.1) is 0 Å². The maximum Gasteiger partial charge on any atom is 0.0954 e. The number of fused-ring (bicyclic) bond motifs is 1. The lowest BCUT2D eigenvalue weighted by molar-refractivity contribution is 0.230. The highest BCUT2D eigenvalue weighted by Gasteiger charge is 2.37. The summed E-state index contributed by atoms with van der Waals surface area (Å²) in [6.45, 7) is 5.39. The number of aliphatic hydroxyl groups excluding tert-OH is 1. The molecule has 0 saturated heterocycles. The van der Waals surface area contributed by atoms with E-state index in [-0.39, 0.29) is 18.1 Å². The molecule has 2 heterocycles. The zero-order chi connectivity index (χ0) is 13.5. The lowest BCUT2D eigenvalue weighted by Crippen LogP contribution is -2.39. The largest absolute Gasteiger partial charge is 0.390 e. The second-order valence-electron chi connectivity index (χ2n) is 5.78. The Balaban J connectivity index is 2.17. The first-order valence-corrected chi connectivity index (χ1v) is 6.58. The number of rotatable bonds is 2. The number of hydrogen-bond donors (Lipinski definition) is 2. The average molecular weight is 257 g/mol. The highest BCUT2D eigenvalue weighted by Crippen LogP contribution is 2.44. The number of anilines is 1. The number of nitrogens with one attached hydrogen (secondary N) is 1.